The average Bonchev–Trinajstić information content (AvgIpc) is 2.50. The Kier molecular flexibility index (Phi) is 2.88. The maximum atomic E-state index is 10.5. The van der Waals surface area contributed by atoms with Crippen molar-refractivity contribution in [1.29, 1.82) is 0 Å². The molecule has 0 bridgehead atoms. The lowest BCUT2D eigenvalue weighted by molar-refractivity contribution is -0.132. The van der Waals surface area contributed by atoms with Crippen molar-refractivity contribution in [2.45, 2.75) is 0 Å². The van der Waals surface area contributed by atoms with Crippen LogP contribution in [0.1, 0.15) is 5.69 Å². The molecule has 14 heavy (non-hydrogen) atoms. The van der Waals surface area contributed by atoms with E-state index in [9.17, 15) is 4.79 Å². The third-order valence-corrected chi connectivity index (χ3v) is 1.39. The van der Waals surface area contributed by atoms with Crippen LogP contribution in [0.3, 0.4) is 0 Å². The van der Waals surface area contributed by atoms with Crippen molar-refractivity contribution in [3.63, 3.8) is 0 Å². The van der Waals surface area contributed by atoms with Crippen molar-refractivity contribution >= 4 is 12.0 Å². The van der Waals surface area contributed by atoms with Gasteiger partial charge in [0.2, 0.25) is 0 Å². The van der Waals surface area contributed by atoms with Gasteiger partial charge in [0.1, 0.15) is 5.70 Å². The van der Waals surface area contributed by atoms with Crippen LogP contribution in [0.25, 0.3) is 16.5 Å². The average molecular weight is 193 g/mol. The second kappa shape index (κ2) is 4.11. The van der Waals surface area contributed by atoms with E-state index in [1.54, 1.807) is 19.3 Å². The third-order valence-electron chi connectivity index (χ3n) is 1.39. The van der Waals surface area contributed by atoms with Crippen LogP contribution in [0, 0.1) is 0 Å². The molecule has 1 aromatic rings. The molecule has 0 spiro atoms. The first-order chi connectivity index (χ1) is 6.63. The molecule has 1 aromatic heterocycles. The highest BCUT2D eigenvalue weighted by molar-refractivity contribution is 5.91. The van der Waals surface area contributed by atoms with Crippen LogP contribution in [-0.2, 0) is 11.8 Å². The third kappa shape index (κ3) is 2.36. The lowest BCUT2D eigenvalue weighted by Gasteiger charge is -1.90. The lowest BCUT2D eigenvalue weighted by Crippen LogP contribution is -1.97. The summed E-state index contributed by atoms with van der Waals surface area (Å²) in [6, 6.07) is 1.61. The van der Waals surface area contributed by atoms with Crippen molar-refractivity contribution in [2.75, 3.05) is 0 Å². The quantitative estimate of drug-likeness (QED) is 0.337. The van der Waals surface area contributed by atoms with Gasteiger partial charge in [0.25, 0.3) is 0 Å². The van der Waals surface area contributed by atoms with E-state index < -0.39 is 5.97 Å². The summed E-state index contributed by atoms with van der Waals surface area (Å²) in [6.07, 6.45) is 2.85. The maximum Gasteiger partial charge on any atom is 0.338 e. The Morgan fingerprint density at radius 2 is 2.57 bits per heavy atom. The van der Waals surface area contributed by atoms with Crippen LogP contribution in [0.4, 0.5) is 0 Å². The summed E-state index contributed by atoms with van der Waals surface area (Å²) in [7, 11) is 1.70. The number of aryl methyl sites for hydroxylation is 1. The fourth-order valence-corrected chi connectivity index (χ4v) is 0.832. The summed E-state index contributed by atoms with van der Waals surface area (Å²) in [5.41, 5.74) is 8.14. The number of carbonyl (C=O) groups is 1. The number of nitrogens with zero attached hydrogens (tertiary/aromatic N) is 5. The summed E-state index contributed by atoms with van der Waals surface area (Å²) in [5, 5.41) is 15.5. The highest BCUT2D eigenvalue weighted by atomic mass is 16.4. The first kappa shape index (κ1) is 9.82. The molecule has 0 aliphatic heterocycles. The van der Waals surface area contributed by atoms with Crippen LogP contribution >= 0.6 is 0 Å². The van der Waals surface area contributed by atoms with E-state index in [-0.39, 0.29) is 5.70 Å². The molecule has 72 valence electrons. The Morgan fingerprint density at radius 3 is 3.00 bits per heavy atom. The van der Waals surface area contributed by atoms with Gasteiger partial charge in [0.15, 0.2) is 0 Å². The summed E-state index contributed by atoms with van der Waals surface area (Å²) >= 11 is 0. The normalized spacial score (nSPS) is 10.8. The SMILES string of the molecule is Cn1ccc(/C=C(\N=[N+]=[N-])C(=O)O)n1. The van der Waals surface area contributed by atoms with Crippen molar-refractivity contribution in [3.8, 4) is 0 Å². The Balaban J connectivity index is 3.04. The standard InChI is InChI=1S/C7H7N5O2/c1-12-3-2-5(10-12)4-6(7(13)14)9-11-8/h2-4H,1H3,(H,13,14)/b6-4-. The molecule has 0 aromatic carbocycles. The van der Waals surface area contributed by atoms with Crippen LogP contribution in [-0.4, -0.2) is 20.9 Å². The topological polar surface area (TPSA) is 104 Å². The van der Waals surface area contributed by atoms with Crippen LogP contribution in [0.15, 0.2) is 23.1 Å². The van der Waals surface area contributed by atoms with E-state index in [0.29, 0.717) is 5.69 Å². The van der Waals surface area contributed by atoms with Crippen LogP contribution in [0.5, 0.6) is 0 Å². The van der Waals surface area contributed by atoms with E-state index >= 15 is 0 Å². The molecule has 0 amide bonds. The molecule has 0 atom stereocenters. The zero-order valence-corrected chi connectivity index (χ0v) is 7.32. The number of carboxylic acids is 1. The van der Waals surface area contributed by atoms with E-state index in [4.69, 9.17) is 10.6 Å². The second-order valence-corrected chi connectivity index (χ2v) is 2.44. The number of rotatable bonds is 3. The highest BCUT2D eigenvalue weighted by Gasteiger charge is 2.05. The monoisotopic (exact) mass is 193 g/mol. The van der Waals surface area contributed by atoms with Crippen molar-refractivity contribution in [3.05, 3.63) is 34.1 Å². The summed E-state index contributed by atoms with van der Waals surface area (Å²) < 4.78 is 1.52. The smallest absolute Gasteiger partial charge is 0.338 e. The molecule has 7 nitrogen and oxygen atoms in total. The van der Waals surface area contributed by atoms with Gasteiger partial charge in [-0.3, -0.25) is 4.68 Å². The van der Waals surface area contributed by atoms with Gasteiger partial charge in [0.05, 0.1) is 5.69 Å². The molecule has 0 fully saturated rings. The zero-order chi connectivity index (χ0) is 10.6. The highest BCUT2D eigenvalue weighted by Crippen LogP contribution is 2.05. The lowest BCUT2D eigenvalue weighted by atomic mass is 10.3. The van der Waals surface area contributed by atoms with Crippen LogP contribution in [0.2, 0.25) is 0 Å². The van der Waals surface area contributed by atoms with Crippen LogP contribution < -0.4 is 0 Å². The Labute approximate surface area is 78.9 Å². The molecule has 1 heterocycles. The molecule has 1 N–H and O–H groups in total. The van der Waals surface area contributed by atoms with Gasteiger partial charge in [-0.15, -0.1) is 0 Å². The molecular formula is C7H7N5O2. The van der Waals surface area contributed by atoms with E-state index in [2.05, 4.69) is 15.1 Å². The number of aliphatic carboxylic acids is 1. The molecule has 0 aliphatic rings. The number of carboxylic acid groups (broad SMARTS) is 1. The molecule has 0 aliphatic carbocycles. The Hall–Kier alpha value is -2.27. The molecule has 0 unspecified atom stereocenters. The minimum absolute atomic E-state index is 0.383. The van der Waals surface area contributed by atoms with E-state index in [1.165, 1.54) is 10.8 Å². The van der Waals surface area contributed by atoms with Gasteiger partial charge in [-0.25, -0.2) is 4.79 Å². The molecule has 7 heteroatoms. The Bertz CT molecular complexity index is 423. The van der Waals surface area contributed by atoms with E-state index in [1.807, 2.05) is 0 Å². The van der Waals surface area contributed by atoms with Crippen molar-refractivity contribution in [1.82, 2.24) is 9.78 Å². The van der Waals surface area contributed by atoms with Gasteiger partial charge in [0, 0.05) is 18.2 Å². The molecule has 0 saturated carbocycles. The second-order valence-electron chi connectivity index (χ2n) is 2.44. The molecule has 0 radical (unpaired) electrons. The molecular weight excluding hydrogens is 186 g/mol. The minimum atomic E-state index is -1.28. The maximum absolute atomic E-state index is 10.5. The fourth-order valence-electron chi connectivity index (χ4n) is 0.832. The summed E-state index contributed by atoms with van der Waals surface area (Å²) in [4.78, 5) is 12.9. The Morgan fingerprint density at radius 1 is 1.86 bits per heavy atom. The van der Waals surface area contributed by atoms with E-state index in [0.717, 1.165) is 0 Å². The van der Waals surface area contributed by atoms with Gasteiger partial charge >= 0.3 is 5.97 Å². The van der Waals surface area contributed by atoms with Crippen molar-refractivity contribution < 1.29 is 9.90 Å². The number of hydrogen-bond acceptors (Lipinski definition) is 3. The van der Waals surface area contributed by atoms with Crippen molar-refractivity contribution in [2.24, 2.45) is 12.2 Å². The van der Waals surface area contributed by atoms with Gasteiger partial charge in [-0.1, -0.05) is 5.11 Å². The summed E-state index contributed by atoms with van der Waals surface area (Å²) in [5.74, 6) is -1.28. The number of hydrogen-bond donors (Lipinski definition) is 1. The number of aromatic nitrogens is 2. The molecule has 0 saturated heterocycles. The van der Waals surface area contributed by atoms with Gasteiger partial charge in [-0.2, -0.15) is 5.10 Å². The largest absolute Gasteiger partial charge is 0.478 e. The fraction of sp³-hybridized carbons (Fsp3) is 0.143. The van der Waals surface area contributed by atoms with Gasteiger partial charge in [-0.05, 0) is 17.7 Å². The predicted molar refractivity (Wildman–Crippen MR) is 48.0 cm³/mol. The first-order valence-electron chi connectivity index (χ1n) is 3.63. The predicted octanol–water partition coefficient (Wildman–Crippen LogP) is 1.16. The number of azide groups is 1. The minimum Gasteiger partial charge on any atom is -0.478 e. The first-order valence-corrected chi connectivity index (χ1v) is 3.63. The molecule has 1 rings (SSSR count). The summed E-state index contributed by atoms with van der Waals surface area (Å²) in [6.45, 7) is 0. The van der Waals surface area contributed by atoms with Gasteiger partial charge < -0.3 is 5.11 Å². The zero-order valence-electron chi connectivity index (χ0n) is 7.32.